The Balaban J connectivity index is 2.14. The van der Waals surface area contributed by atoms with Gasteiger partial charge in [0, 0.05) is 5.56 Å². The highest BCUT2D eigenvalue weighted by Gasteiger charge is 2.29. The van der Waals surface area contributed by atoms with Gasteiger partial charge in [-0.15, -0.1) is 0 Å². The molecule has 0 aliphatic carbocycles. The van der Waals surface area contributed by atoms with Crippen LogP contribution in [0.25, 0.3) is 0 Å². The number of benzene rings is 1. The number of halogens is 3. The van der Waals surface area contributed by atoms with E-state index in [0.717, 1.165) is 17.7 Å². The average Bonchev–Trinajstić information content (AvgIpc) is 2.70. The maximum absolute atomic E-state index is 12.3. The van der Waals surface area contributed by atoms with Crippen LogP contribution in [0.1, 0.15) is 11.1 Å². The fraction of sp³-hybridized carbons (Fsp3) is 0.182. The summed E-state index contributed by atoms with van der Waals surface area (Å²) in [6.07, 6.45) is -2.36. The first-order chi connectivity index (χ1) is 7.55. The Kier molecular flexibility index (Phi) is 2.96. The van der Waals surface area contributed by atoms with Crippen LogP contribution in [0, 0.1) is 0 Å². The van der Waals surface area contributed by atoms with E-state index in [1.165, 1.54) is 12.1 Å². The Morgan fingerprint density at radius 1 is 1.12 bits per heavy atom. The van der Waals surface area contributed by atoms with Crippen LogP contribution >= 0.6 is 11.3 Å². The third kappa shape index (κ3) is 2.61. The summed E-state index contributed by atoms with van der Waals surface area (Å²) in [5.41, 5.74) is 2.17. The van der Waals surface area contributed by atoms with Gasteiger partial charge in [0.1, 0.15) is 0 Å². The van der Waals surface area contributed by atoms with Crippen LogP contribution in [0.5, 0.6) is 0 Å². The van der Waals surface area contributed by atoms with Crippen molar-refractivity contribution in [1.82, 2.24) is 0 Å². The number of nitrogens with zero attached hydrogens (tertiary/aromatic N) is 1. The molecule has 1 heterocycles. The normalized spacial score (nSPS) is 11.7. The molecular formula is C11H9F3NS+. The number of thiazole rings is 1. The van der Waals surface area contributed by atoms with Crippen LogP contribution < -0.4 is 4.57 Å². The molecular weight excluding hydrogens is 235 g/mol. The minimum Gasteiger partial charge on any atom is -0.191 e. The highest BCUT2D eigenvalue weighted by molar-refractivity contribution is 7.07. The zero-order valence-corrected chi connectivity index (χ0v) is 9.05. The summed E-state index contributed by atoms with van der Waals surface area (Å²) < 4.78 is 38.8. The van der Waals surface area contributed by atoms with Crippen LogP contribution in [0.15, 0.2) is 41.4 Å². The fourth-order valence-electron chi connectivity index (χ4n) is 1.36. The molecule has 0 unspecified atom stereocenters. The molecule has 0 bridgehead atoms. The van der Waals surface area contributed by atoms with Crippen molar-refractivity contribution in [3.05, 3.63) is 52.5 Å². The van der Waals surface area contributed by atoms with Gasteiger partial charge in [-0.3, -0.25) is 0 Å². The second-order valence-corrected chi connectivity index (χ2v) is 4.15. The summed E-state index contributed by atoms with van der Waals surface area (Å²) >= 11 is 1.55. The third-order valence-electron chi connectivity index (χ3n) is 2.17. The highest BCUT2D eigenvalue weighted by Crippen LogP contribution is 2.28. The van der Waals surface area contributed by atoms with Gasteiger partial charge < -0.3 is 0 Å². The summed E-state index contributed by atoms with van der Waals surface area (Å²) in [6.45, 7) is 0.599. The van der Waals surface area contributed by atoms with Crippen LogP contribution in [0.3, 0.4) is 0 Å². The molecule has 1 aromatic carbocycles. The Hall–Kier alpha value is -1.36. The lowest BCUT2D eigenvalue weighted by atomic mass is 10.1. The fourth-order valence-corrected chi connectivity index (χ4v) is 1.96. The van der Waals surface area contributed by atoms with E-state index in [0.29, 0.717) is 6.54 Å². The van der Waals surface area contributed by atoms with E-state index in [2.05, 4.69) is 0 Å². The van der Waals surface area contributed by atoms with E-state index in [9.17, 15) is 13.2 Å². The first-order valence-electron chi connectivity index (χ1n) is 4.63. The smallest absolute Gasteiger partial charge is 0.191 e. The van der Waals surface area contributed by atoms with Crippen LogP contribution in [0.4, 0.5) is 13.2 Å². The SMILES string of the molecule is FC(F)(F)c1ccc(C[n+]2ccsc2)cc1. The predicted octanol–water partition coefficient (Wildman–Crippen LogP) is 3.10. The van der Waals surface area contributed by atoms with E-state index in [4.69, 9.17) is 0 Å². The number of rotatable bonds is 2. The molecule has 0 aliphatic heterocycles. The van der Waals surface area contributed by atoms with Gasteiger partial charge in [0.2, 0.25) is 5.51 Å². The van der Waals surface area contributed by atoms with Crippen molar-refractivity contribution < 1.29 is 17.7 Å². The highest BCUT2D eigenvalue weighted by atomic mass is 32.1. The second-order valence-electron chi connectivity index (χ2n) is 3.39. The number of aromatic nitrogens is 1. The molecule has 2 rings (SSSR count). The van der Waals surface area contributed by atoms with Gasteiger partial charge in [-0.05, 0) is 12.1 Å². The van der Waals surface area contributed by atoms with Gasteiger partial charge in [-0.2, -0.15) is 17.7 Å². The van der Waals surface area contributed by atoms with Crippen molar-refractivity contribution in [2.75, 3.05) is 0 Å². The van der Waals surface area contributed by atoms with Gasteiger partial charge in [-0.25, -0.2) is 0 Å². The molecule has 0 atom stereocenters. The lowest BCUT2D eigenvalue weighted by Gasteiger charge is -2.06. The van der Waals surface area contributed by atoms with E-state index in [-0.39, 0.29) is 0 Å². The van der Waals surface area contributed by atoms with Crippen molar-refractivity contribution >= 4 is 11.3 Å². The van der Waals surface area contributed by atoms with Gasteiger partial charge in [-0.1, -0.05) is 23.5 Å². The van der Waals surface area contributed by atoms with Crippen LogP contribution in [0.2, 0.25) is 0 Å². The average molecular weight is 244 g/mol. The minimum absolute atomic E-state index is 0.599. The van der Waals surface area contributed by atoms with Crippen LogP contribution in [-0.4, -0.2) is 0 Å². The van der Waals surface area contributed by atoms with Gasteiger partial charge >= 0.3 is 6.18 Å². The number of hydrogen-bond acceptors (Lipinski definition) is 1. The summed E-state index contributed by atoms with van der Waals surface area (Å²) in [5.74, 6) is 0. The van der Waals surface area contributed by atoms with E-state index in [1.54, 1.807) is 11.3 Å². The molecule has 0 spiro atoms. The first-order valence-corrected chi connectivity index (χ1v) is 5.57. The topological polar surface area (TPSA) is 3.88 Å². The van der Waals surface area contributed by atoms with Crippen molar-refractivity contribution in [3.63, 3.8) is 0 Å². The lowest BCUT2D eigenvalue weighted by Crippen LogP contribution is -2.30. The minimum atomic E-state index is -4.26. The maximum Gasteiger partial charge on any atom is 0.416 e. The summed E-state index contributed by atoms with van der Waals surface area (Å²) in [7, 11) is 0. The molecule has 0 saturated carbocycles. The zero-order valence-electron chi connectivity index (χ0n) is 8.24. The lowest BCUT2D eigenvalue weighted by molar-refractivity contribution is -0.683. The summed E-state index contributed by atoms with van der Waals surface area (Å²) in [4.78, 5) is 0. The van der Waals surface area contributed by atoms with E-state index in [1.807, 2.05) is 21.7 Å². The van der Waals surface area contributed by atoms with E-state index >= 15 is 0 Å². The van der Waals surface area contributed by atoms with Crippen LogP contribution in [-0.2, 0) is 12.7 Å². The monoisotopic (exact) mass is 244 g/mol. The third-order valence-corrected chi connectivity index (χ3v) is 2.84. The molecule has 0 aliphatic rings. The van der Waals surface area contributed by atoms with Gasteiger partial charge in [0.25, 0.3) is 0 Å². The Labute approximate surface area is 94.8 Å². The molecule has 0 N–H and O–H groups in total. The Bertz CT molecular complexity index is 445. The molecule has 0 fully saturated rings. The molecule has 0 amide bonds. The predicted molar refractivity (Wildman–Crippen MR) is 55.1 cm³/mol. The zero-order chi connectivity index (χ0) is 11.6. The quantitative estimate of drug-likeness (QED) is 0.715. The summed E-state index contributed by atoms with van der Waals surface area (Å²) in [6, 6.07) is 5.24. The molecule has 16 heavy (non-hydrogen) atoms. The number of alkyl halides is 3. The van der Waals surface area contributed by atoms with Gasteiger partial charge in [0.05, 0.1) is 10.9 Å². The molecule has 1 aromatic heterocycles. The second kappa shape index (κ2) is 4.25. The van der Waals surface area contributed by atoms with Crippen molar-refractivity contribution in [2.24, 2.45) is 0 Å². The Morgan fingerprint density at radius 2 is 1.81 bits per heavy atom. The Morgan fingerprint density at radius 3 is 2.31 bits per heavy atom. The molecule has 5 heteroatoms. The van der Waals surface area contributed by atoms with Crippen molar-refractivity contribution in [1.29, 1.82) is 0 Å². The number of hydrogen-bond donors (Lipinski definition) is 0. The molecule has 84 valence electrons. The maximum atomic E-state index is 12.3. The molecule has 0 saturated heterocycles. The molecule has 2 aromatic rings. The van der Waals surface area contributed by atoms with E-state index < -0.39 is 11.7 Å². The van der Waals surface area contributed by atoms with Gasteiger partial charge in [0.15, 0.2) is 12.7 Å². The van der Waals surface area contributed by atoms with Crippen molar-refractivity contribution in [3.8, 4) is 0 Å². The van der Waals surface area contributed by atoms with Crippen molar-refractivity contribution in [2.45, 2.75) is 12.7 Å². The molecule has 0 radical (unpaired) electrons. The summed E-state index contributed by atoms with van der Waals surface area (Å²) in [5, 5.41) is 1.92. The first kappa shape index (κ1) is 11.1. The standard InChI is InChI=1S/C11H9F3NS/c12-11(13,14)10-3-1-9(2-4-10)7-15-5-6-16-8-15/h1-6,8H,7H2/q+1. The largest absolute Gasteiger partial charge is 0.416 e. The molecule has 1 nitrogen and oxygen atoms in total.